The predicted molar refractivity (Wildman–Crippen MR) is 146 cm³/mol. The van der Waals surface area contributed by atoms with Crippen LogP contribution in [0.25, 0.3) is 16.8 Å². The third-order valence-electron chi connectivity index (χ3n) is 6.61. The average molecular weight is 507 g/mol. The number of anilines is 1. The van der Waals surface area contributed by atoms with Crippen LogP contribution in [0.4, 0.5) is 10.5 Å². The molecule has 1 aliphatic rings. The first-order chi connectivity index (χ1) is 18.4. The molecule has 0 aliphatic carbocycles. The summed E-state index contributed by atoms with van der Waals surface area (Å²) in [6.07, 6.45) is 1.44. The summed E-state index contributed by atoms with van der Waals surface area (Å²) in [5, 5.41) is 4.50. The summed E-state index contributed by atoms with van der Waals surface area (Å²) in [5.41, 5.74) is 3.77. The molecule has 190 valence electrons. The van der Waals surface area contributed by atoms with E-state index in [0.717, 1.165) is 32.4 Å². The van der Waals surface area contributed by atoms with Crippen molar-refractivity contribution in [2.45, 2.75) is 20.5 Å². The number of ether oxygens (including phenoxy) is 2. The molecule has 1 heterocycles. The van der Waals surface area contributed by atoms with E-state index in [1.807, 2.05) is 44.2 Å². The number of benzene rings is 4. The third kappa shape index (κ3) is 4.74. The average Bonchev–Trinajstić information content (AvgIpc) is 2.92. The van der Waals surface area contributed by atoms with Gasteiger partial charge in [0, 0.05) is 0 Å². The normalized spacial score (nSPS) is 14.7. The molecule has 0 aromatic heterocycles. The molecule has 1 fully saturated rings. The zero-order valence-corrected chi connectivity index (χ0v) is 21.3. The SMILES string of the molecule is COc1cc(/C=C2\C(=O)NC(=O)N(c3ccc(C)c(C)c3)C2=O)ccc1OCc1cccc2ccccc12. The molecule has 5 rings (SSSR count). The Labute approximate surface area is 220 Å². The second kappa shape index (κ2) is 10.2. The highest BCUT2D eigenvalue weighted by molar-refractivity contribution is 6.39. The van der Waals surface area contributed by atoms with E-state index in [9.17, 15) is 14.4 Å². The molecule has 0 atom stereocenters. The number of imide groups is 2. The van der Waals surface area contributed by atoms with Gasteiger partial charge in [-0.2, -0.15) is 0 Å². The fourth-order valence-corrected chi connectivity index (χ4v) is 4.39. The zero-order chi connectivity index (χ0) is 26.8. The van der Waals surface area contributed by atoms with Gasteiger partial charge in [0.1, 0.15) is 12.2 Å². The van der Waals surface area contributed by atoms with Crippen molar-refractivity contribution in [3.8, 4) is 11.5 Å². The molecule has 7 heteroatoms. The van der Waals surface area contributed by atoms with E-state index in [4.69, 9.17) is 9.47 Å². The van der Waals surface area contributed by atoms with Gasteiger partial charge in [0.15, 0.2) is 11.5 Å². The van der Waals surface area contributed by atoms with Gasteiger partial charge in [-0.05, 0) is 77.2 Å². The Morgan fingerprint density at radius 1 is 0.842 bits per heavy atom. The van der Waals surface area contributed by atoms with E-state index in [1.165, 1.54) is 13.2 Å². The summed E-state index contributed by atoms with van der Waals surface area (Å²) in [4.78, 5) is 39.4. The van der Waals surface area contributed by atoms with Gasteiger partial charge in [0.2, 0.25) is 0 Å². The number of nitrogens with one attached hydrogen (secondary N) is 1. The molecule has 1 N–H and O–H groups in total. The van der Waals surface area contributed by atoms with Crippen LogP contribution in [0.2, 0.25) is 0 Å². The van der Waals surface area contributed by atoms with Crippen LogP contribution in [0, 0.1) is 13.8 Å². The summed E-state index contributed by atoms with van der Waals surface area (Å²) >= 11 is 0. The lowest BCUT2D eigenvalue weighted by Gasteiger charge is -2.26. The van der Waals surface area contributed by atoms with Crippen LogP contribution in [0.15, 0.2) is 84.4 Å². The molecular weight excluding hydrogens is 480 g/mol. The Bertz CT molecular complexity index is 1620. The maximum Gasteiger partial charge on any atom is 0.335 e. The molecule has 0 radical (unpaired) electrons. The third-order valence-corrected chi connectivity index (χ3v) is 6.61. The number of carbonyl (C=O) groups is 3. The van der Waals surface area contributed by atoms with Crippen LogP contribution in [-0.4, -0.2) is 25.0 Å². The number of amides is 4. The first-order valence-electron chi connectivity index (χ1n) is 12.1. The molecule has 4 amide bonds. The lowest BCUT2D eigenvalue weighted by molar-refractivity contribution is -0.122. The summed E-state index contributed by atoms with van der Waals surface area (Å²) in [6.45, 7) is 4.17. The Morgan fingerprint density at radius 3 is 2.42 bits per heavy atom. The molecule has 7 nitrogen and oxygen atoms in total. The van der Waals surface area contributed by atoms with Crippen LogP contribution in [0.1, 0.15) is 22.3 Å². The number of carbonyl (C=O) groups excluding carboxylic acids is 3. The second-order valence-corrected chi connectivity index (χ2v) is 9.06. The number of aryl methyl sites for hydroxylation is 2. The summed E-state index contributed by atoms with van der Waals surface area (Å²) in [6, 6.07) is 23.8. The lowest BCUT2D eigenvalue weighted by Crippen LogP contribution is -2.54. The molecule has 0 bridgehead atoms. The molecule has 38 heavy (non-hydrogen) atoms. The van der Waals surface area contributed by atoms with Crippen molar-refractivity contribution in [1.82, 2.24) is 5.32 Å². The Balaban J connectivity index is 1.41. The second-order valence-electron chi connectivity index (χ2n) is 9.06. The minimum absolute atomic E-state index is 0.158. The number of barbiturate groups is 1. The number of nitrogens with zero attached hydrogens (tertiary/aromatic N) is 1. The maximum atomic E-state index is 13.3. The predicted octanol–water partition coefficient (Wildman–Crippen LogP) is 5.71. The maximum absolute atomic E-state index is 13.3. The van der Waals surface area contributed by atoms with Crippen molar-refractivity contribution in [2.24, 2.45) is 0 Å². The van der Waals surface area contributed by atoms with Crippen LogP contribution in [-0.2, 0) is 16.2 Å². The first kappa shape index (κ1) is 24.8. The van der Waals surface area contributed by atoms with Crippen molar-refractivity contribution < 1.29 is 23.9 Å². The first-order valence-corrected chi connectivity index (χ1v) is 12.1. The van der Waals surface area contributed by atoms with Crippen molar-refractivity contribution in [1.29, 1.82) is 0 Å². The number of urea groups is 1. The Morgan fingerprint density at radius 2 is 1.63 bits per heavy atom. The quantitative estimate of drug-likeness (QED) is 0.267. The summed E-state index contributed by atoms with van der Waals surface area (Å²) in [5.74, 6) is -0.480. The lowest BCUT2D eigenvalue weighted by atomic mass is 10.0. The van der Waals surface area contributed by atoms with Gasteiger partial charge in [-0.3, -0.25) is 14.9 Å². The molecule has 0 saturated carbocycles. The van der Waals surface area contributed by atoms with Gasteiger partial charge in [0.05, 0.1) is 12.8 Å². The molecule has 0 unspecified atom stereocenters. The van der Waals surface area contributed by atoms with Crippen LogP contribution in [0.5, 0.6) is 11.5 Å². The monoisotopic (exact) mass is 506 g/mol. The fraction of sp³-hybridized carbons (Fsp3) is 0.129. The van der Waals surface area contributed by atoms with Crippen molar-refractivity contribution >= 4 is 40.4 Å². The zero-order valence-electron chi connectivity index (χ0n) is 21.3. The molecule has 4 aromatic carbocycles. The Hall–Kier alpha value is -4.91. The topological polar surface area (TPSA) is 84.9 Å². The largest absolute Gasteiger partial charge is 0.493 e. The van der Waals surface area contributed by atoms with E-state index in [2.05, 4.69) is 23.5 Å². The minimum atomic E-state index is -0.782. The van der Waals surface area contributed by atoms with Crippen molar-refractivity contribution in [2.75, 3.05) is 12.0 Å². The number of fused-ring (bicyclic) bond motifs is 1. The number of rotatable bonds is 6. The highest BCUT2D eigenvalue weighted by Crippen LogP contribution is 2.31. The molecular formula is C31H26N2O5. The van der Waals surface area contributed by atoms with Gasteiger partial charge >= 0.3 is 6.03 Å². The molecule has 4 aromatic rings. The molecule has 1 saturated heterocycles. The van der Waals surface area contributed by atoms with Crippen molar-refractivity contribution in [3.05, 3.63) is 107 Å². The van der Waals surface area contributed by atoms with E-state index in [-0.39, 0.29) is 5.57 Å². The number of hydrogen-bond acceptors (Lipinski definition) is 5. The van der Waals surface area contributed by atoms with E-state index in [0.29, 0.717) is 29.4 Å². The molecule has 0 spiro atoms. The van der Waals surface area contributed by atoms with E-state index < -0.39 is 17.8 Å². The highest BCUT2D eigenvalue weighted by Gasteiger charge is 2.37. The van der Waals surface area contributed by atoms with Gasteiger partial charge in [-0.25, -0.2) is 9.69 Å². The number of hydrogen-bond donors (Lipinski definition) is 1. The fourth-order valence-electron chi connectivity index (χ4n) is 4.39. The Kier molecular flexibility index (Phi) is 6.66. The van der Waals surface area contributed by atoms with E-state index >= 15 is 0 Å². The molecule has 1 aliphatic heterocycles. The summed E-state index contributed by atoms with van der Waals surface area (Å²) < 4.78 is 11.6. The van der Waals surface area contributed by atoms with Gasteiger partial charge in [-0.1, -0.05) is 54.6 Å². The van der Waals surface area contributed by atoms with Crippen LogP contribution >= 0.6 is 0 Å². The van der Waals surface area contributed by atoms with Crippen molar-refractivity contribution in [3.63, 3.8) is 0 Å². The van der Waals surface area contributed by atoms with Gasteiger partial charge in [0.25, 0.3) is 11.8 Å². The standard InChI is InChI=1S/C31H26N2O5/c1-19-11-13-24(15-20(19)2)33-30(35)26(29(34)32-31(33)36)16-21-12-14-27(28(17-21)37-3)38-18-23-9-6-8-22-7-4-5-10-25(22)23/h4-17H,18H2,1-3H3,(H,32,34,36)/b26-16+. The van der Waals surface area contributed by atoms with Gasteiger partial charge in [-0.15, -0.1) is 0 Å². The van der Waals surface area contributed by atoms with Crippen LogP contribution in [0.3, 0.4) is 0 Å². The van der Waals surface area contributed by atoms with E-state index in [1.54, 1.807) is 30.3 Å². The van der Waals surface area contributed by atoms with Crippen LogP contribution < -0.4 is 19.7 Å². The highest BCUT2D eigenvalue weighted by atomic mass is 16.5. The smallest absolute Gasteiger partial charge is 0.335 e. The van der Waals surface area contributed by atoms with Gasteiger partial charge < -0.3 is 9.47 Å². The number of methoxy groups -OCH3 is 1. The minimum Gasteiger partial charge on any atom is -0.493 e. The summed E-state index contributed by atoms with van der Waals surface area (Å²) in [7, 11) is 1.52.